The minimum Gasteiger partial charge on any atom is -0.344 e. The smallest absolute Gasteiger partial charge is 0.295 e. The lowest BCUT2D eigenvalue weighted by Crippen LogP contribution is -2.46. The number of ether oxygens (including phenoxy) is 2. The molecule has 1 aliphatic heterocycles. The number of nitrogens with zero attached hydrogens (tertiary/aromatic N) is 1. The second kappa shape index (κ2) is 5.24. The van der Waals surface area contributed by atoms with E-state index in [0.717, 1.165) is 6.42 Å². The average Bonchev–Trinajstić information content (AvgIpc) is 2.49. The highest BCUT2D eigenvalue weighted by Crippen LogP contribution is 2.37. The van der Waals surface area contributed by atoms with Gasteiger partial charge in [-0.25, -0.2) is 0 Å². The maximum absolute atomic E-state index is 10.5. The van der Waals surface area contributed by atoms with E-state index >= 15 is 0 Å². The Hall–Kier alpha value is -1.14. The standard InChI is InChI=1S/C12H21NO5/c1-6-7-8-9-10(17-12(4,5)16-9)11(2,3)18-13(14)15/h6,9-10H,1,7-8H2,2-5H3/t9-,10+/m0/s1. The lowest BCUT2D eigenvalue weighted by Gasteiger charge is -2.31. The van der Waals surface area contributed by atoms with Crippen LogP contribution in [0.3, 0.4) is 0 Å². The van der Waals surface area contributed by atoms with Crippen molar-refractivity contribution in [2.24, 2.45) is 0 Å². The van der Waals surface area contributed by atoms with Gasteiger partial charge >= 0.3 is 0 Å². The Morgan fingerprint density at radius 3 is 2.61 bits per heavy atom. The molecule has 6 heteroatoms. The van der Waals surface area contributed by atoms with Crippen molar-refractivity contribution in [3.63, 3.8) is 0 Å². The van der Waals surface area contributed by atoms with Gasteiger partial charge in [-0.2, -0.15) is 0 Å². The first-order valence-corrected chi connectivity index (χ1v) is 5.98. The average molecular weight is 259 g/mol. The molecule has 6 nitrogen and oxygen atoms in total. The highest BCUT2D eigenvalue weighted by Gasteiger charge is 2.50. The van der Waals surface area contributed by atoms with Crippen LogP contribution in [-0.2, 0) is 14.3 Å². The van der Waals surface area contributed by atoms with E-state index in [-0.39, 0.29) is 6.10 Å². The highest BCUT2D eigenvalue weighted by atomic mass is 17.0. The summed E-state index contributed by atoms with van der Waals surface area (Å²) >= 11 is 0. The molecule has 1 rings (SSSR count). The maximum atomic E-state index is 10.5. The molecule has 0 aromatic rings. The topological polar surface area (TPSA) is 70.8 Å². The van der Waals surface area contributed by atoms with Crippen LogP contribution in [0.15, 0.2) is 12.7 Å². The number of allylic oxidation sites excluding steroid dienone is 1. The predicted molar refractivity (Wildman–Crippen MR) is 65.4 cm³/mol. The van der Waals surface area contributed by atoms with Crippen LogP contribution < -0.4 is 0 Å². The lowest BCUT2D eigenvalue weighted by molar-refractivity contribution is -0.781. The van der Waals surface area contributed by atoms with Crippen molar-refractivity contribution in [1.29, 1.82) is 0 Å². The molecule has 1 heterocycles. The van der Waals surface area contributed by atoms with Crippen LogP contribution in [0.4, 0.5) is 0 Å². The summed E-state index contributed by atoms with van der Waals surface area (Å²) < 4.78 is 11.5. The molecule has 0 spiro atoms. The molecule has 0 aromatic heterocycles. The quantitative estimate of drug-likeness (QED) is 0.416. The molecule has 0 amide bonds. The molecule has 0 saturated carbocycles. The van der Waals surface area contributed by atoms with Gasteiger partial charge in [-0.15, -0.1) is 16.7 Å². The van der Waals surface area contributed by atoms with Gasteiger partial charge in [0.1, 0.15) is 11.7 Å². The Balaban J connectivity index is 2.81. The first kappa shape index (κ1) is 14.9. The second-order valence-corrected chi connectivity index (χ2v) is 5.38. The van der Waals surface area contributed by atoms with Crippen LogP contribution in [0, 0.1) is 10.1 Å². The third kappa shape index (κ3) is 3.68. The van der Waals surface area contributed by atoms with E-state index in [4.69, 9.17) is 14.3 Å². The molecule has 2 atom stereocenters. The van der Waals surface area contributed by atoms with Gasteiger partial charge in [0.2, 0.25) is 0 Å². The van der Waals surface area contributed by atoms with E-state index in [1.54, 1.807) is 33.8 Å². The van der Waals surface area contributed by atoms with Crippen molar-refractivity contribution < 1.29 is 19.4 Å². The summed E-state index contributed by atoms with van der Waals surface area (Å²) in [6, 6.07) is 0. The zero-order valence-corrected chi connectivity index (χ0v) is 11.3. The van der Waals surface area contributed by atoms with Gasteiger partial charge in [0.25, 0.3) is 5.09 Å². The van der Waals surface area contributed by atoms with Crippen molar-refractivity contribution in [1.82, 2.24) is 0 Å². The molecular weight excluding hydrogens is 238 g/mol. The van der Waals surface area contributed by atoms with E-state index in [9.17, 15) is 10.1 Å². The van der Waals surface area contributed by atoms with Crippen LogP contribution in [0.1, 0.15) is 40.5 Å². The molecule has 104 valence electrons. The minimum absolute atomic E-state index is 0.243. The fourth-order valence-corrected chi connectivity index (χ4v) is 2.16. The van der Waals surface area contributed by atoms with Gasteiger partial charge in [0.05, 0.1) is 6.10 Å². The van der Waals surface area contributed by atoms with Gasteiger partial charge in [0.15, 0.2) is 5.79 Å². The summed E-state index contributed by atoms with van der Waals surface area (Å²) in [4.78, 5) is 15.2. The summed E-state index contributed by atoms with van der Waals surface area (Å²) in [7, 11) is 0. The third-order valence-corrected chi connectivity index (χ3v) is 2.83. The maximum Gasteiger partial charge on any atom is 0.295 e. The monoisotopic (exact) mass is 259 g/mol. The zero-order valence-electron chi connectivity index (χ0n) is 11.3. The number of hydrogen-bond donors (Lipinski definition) is 0. The van der Waals surface area contributed by atoms with E-state index in [1.165, 1.54) is 0 Å². The van der Waals surface area contributed by atoms with Crippen LogP contribution in [0.25, 0.3) is 0 Å². The Labute approximate surface area is 107 Å². The summed E-state index contributed by atoms with van der Waals surface area (Å²) in [5, 5.41) is 9.73. The predicted octanol–water partition coefficient (Wildman–Crippen LogP) is 2.46. The molecule has 0 aliphatic carbocycles. The van der Waals surface area contributed by atoms with Gasteiger partial charge in [-0.05, 0) is 40.5 Å². The van der Waals surface area contributed by atoms with Crippen molar-refractivity contribution in [2.75, 3.05) is 0 Å². The molecule has 18 heavy (non-hydrogen) atoms. The Morgan fingerprint density at radius 2 is 2.11 bits per heavy atom. The van der Waals surface area contributed by atoms with Crippen LogP contribution in [-0.4, -0.2) is 28.7 Å². The second-order valence-electron chi connectivity index (χ2n) is 5.38. The van der Waals surface area contributed by atoms with Crippen molar-refractivity contribution in [3.8, 4) is 0 Å². The molecule has 0 bridgehead atoms. The Kier molecular flexibility index (Phi) is 4.34. The summed E-state index contributed by atoms with van der Waals surface area (Å²) in [5.74, 6) is -0.756. The van der Waals surface area contributed by atoms with E-state index < -0.39 is 22.6 Å². The van der Waals surface area contributed by atoms with E-state index in [2.05, 4.69) is 6.58 Å². The van der Waals surface area contributed by atoms with Gasteiger partial charge < -0.3 is 14.3 Å². The fraction of sp³-hybridized carbons (Fsp3) is 0.833. The molecule has 0 radical (unpaired) electrons. The third-order valence-electron chi connectivity index (χ3n) is 2.83. The fourth-order valence-electron chi connectivity index (χ4n) is 2.16. The summed E-state index contributed by atoms with van der Waals surface area (Å²) in [6.45, 7) is 10.5. The van der Waals surface area contributed by atoms with Gasteiger partial charge in [0, 0.05) is 0 Å². The van der Waals surface area contributed by atoms with Crippen LogP contribution >= 0.6 is 0 Å². The summed E-state index contributed by atoms with van der Waals surface area (Å²) in [6.07, 6.45) is 2.51. The SMILES string of the molecule is C=CCC[C@@H]1OC(C)(C)O[C@H]1C(C)(C)O[N+](=O)[O-]. The molecule has 1 fully saturated rings. The summed E-state index contributed by atoms with van der Waals surface area (Å²) in [5.41, 5.74) is -1.05. The molecule has 0 unspecified atom stereocenters. The Morgan fingerprint density at radius 1 is 1.50 bits per heavy atom. The van der Waals surface area contributed by atoms with Gasteiger partial charge in [-0.3, -0.25) is 0 Å². The molecule has 1 saturated heterocycles. The minimum atomic E-state index is -1.05. The first-order chi connectivity index (χ1) is 8.18. The molecule has 0 aromatic carbocycles. The van der Waals surface area contributed by atoms with Gasteiger partial charge in [-0.1, -0.05) is 6.08 Å². The lowest BCUT2D eigenvalue weighted by atomic mass is 9.94. The zero-order chi connectivity index (χ0) is 14.0. The van der Waals surface area contributed by atoms with E-state index in [0.29, 0.717) is 6.42 Å². The highest BCUT2D eigenvalue weighted by molar-refractivity contribution is 4.93. The van der Waals surface area contributed by atoms with Crippen molar-refractivity contribution >= 4 is 0 Å². The van der Waals surface area contributed by atoms with Crippen molar-refractivity contribution in [2.45, 2.75) is 64.1 Å². The Bertz CT molecular complexity index is 326. The van der Waals surface area contributed by atoms with Crippen LogP contribution in [0.2, 0.25) is 0 Å². The normalized spacial score (nSPS) is 26.9. The molecular formula is C12H21NO5. The largest absolute Gasteiger partial charge is 0.344 e. The van der Waals surface area contributed by atoms with Crippen molar-refractivity contribution in [3.05, 3.63) is 22.8 Å². The molecule has 1 aliphatic rings. The van der Waals surface area contributed by atoms with E-state index in [1.807, 2.05) is 0 Å². The number of rotatable bonds is 6. The molecule has 0 N–H and O–H groups in total. The first-order valence-electron chi connectivity index (χ1n) is 5.98. The number of hydrogen-bond acceptors (Lipinski definition) is 5. The van der Waals surface area contributed by atoms with Crippen LogP contribution in [0.5, 0.6) is 0 Å².